The van der Waals surface area contributed by atoms with Crippen molar-refractivity contribution in [1.29, 1.82) is 0 Å². The zero-order valence-corrected chi connectivity index (χ0v) is 28.4. The number of azo groups is 1. The van der Waals surface area contributed by atoms with Gasteiger partial charge in [-0.05, 0) is 60.3 Å². The normalized spacial score (nSPS) is 11.6. The van der Waals surface area contributed by atoms with Crippen LogP contribution in [0.4, 0.5) is 22.7 Å². The van der Waals surface area contributed by atoms with Gasteiger partial charge in [-0.1, -0.05) is 60.3 Å². The number of aryl methyl sites for hydroxylation is 1. The molecule has 0 aromatic heterocycles. The van der Waals surface area contributed by atoms with E-state index in [0.29, 0.717) is 27.8 Å². The number of amides is 1. The molecule has 1 amide bonds. The number of methoxy groups -OCH3 is 1. The van der Waals surface area contributed by atoms with Gasteiger partial charge in [-0.25, -0.2) is 8.42 Å². The number of anilines is 2. The van der Waals surface area contributed by atoms with Crippen LogP contribution in [-0.2, 0) is 20.1 Å². The number of sulfonamides is 1. The number of carbonyl (C=O) groups is 1. The molecular formula is C31H25N4NaO8S2. The van der Waals surface area contributed by atoms with Crippen LogP contribution in [0, 0.1) is 6.92 Å². The van der Waals surface area contributed by atoms with Gasteiger partial charge in [0.15, 0.2) is 0 Å². The van der Waals surface area contributed by atoms with Crippen LogP contribution in [0.2, 0.25) is 0 Å². The first kappa shape index (κ1) is 34.6. The Morgan fingerprint density at radius 1 is 0.826 bits per heavy atom. The van der Waals surface area contributed by atoms with Crippen molar-refractivity contribution in [1.82, 2.24) is 0 Å². The average Bonchev–Trinajstić information content (AvgIpc) is 3.00. The van der Waals surface area contributed by atoms with Gasteiger partial charge in [0.05, 0.1) is 34.8 Å². The first-order valence-corrected chi connectivity index (χ1v) is 16.1. The summed E-state index contributed by atoms with van der Waals surface area (Å²) in [5.41, 5.74) is 0.0390. The van der Waals surface area contributed by atoms with E-state index in [-0.39, 0.29) is 57.1 Å². The summed E-state index contributed by atoms with van der Waals surface area (Å²) < 4.78 is 67.1. The minimum atomic E-state index is -4.72. The number of rotatable bonds is 9. The molecule has 0 fully saturated rings. The summed E-state index contributed by atoms with van der Waals surface area (Å²) in [5.74, 6) is -0.986. The number of hydrogen-bond acceptors (Lipinski definition) is 9. The number of para-hydroxylation sites is 3. The van der Waals surface area contributed by atoms with Gasteiger partial charge in [0.2, 0.25) is 0 Å². The van der Waals surface area contributed by atoms with Crippen LogP contribution in [0.3, 0.4) is 0 Å². The second-order valence-corrected chi connectivity index (χ2v) is 12.7. The Morgan fingerprint density at radius 2 is 1.48 bits per heavy atom. The Bertz CT molecular complexity index is 2210. The van der Waals surface area contributed by atoms with Gasteiger partial charge < -0.3 is 15.2 Å². The minimum Gasteiger partial charge on any atom is -0.870 e. The quantitative estimate of drug-likeness (QED) is 0.122. The third-order valence-corrected chi connectivity index (χ3v) is 9.13. The molecule has 0 aliphatic carbocycles. The monoisotopic (exact) mass is 668 g/mol. The SMILES string of the molecule is COc1ccccc1NC(=O)c1cc2ccccc2c(N=Nc2ccc(C)c(S(=O)(=O)Nc3ccccc3S(=O)(=O)O)c2)c1[O-].[Na+]. The van der Waals surface area contributed by atoms with Crippen LogP contribution >= 0.6 is 0 Å². The summed E-state index contributed by atoms with van der Waals surface area (Å²) >= 11 is 0. The van der Waals surface area contributed by atoms with Crippen molar-refractivity contribution in [2.75, 3.05) is 17.1 Å². The number of hydrogen-bond donors (Lipinski definition) is 3. The predicted molar refractivity (Wildman–Crippen MR) is 167 cm³/mol. The summed E-state index contributed by atoms with van der Waals surface area (Å²) in [6, 6.07) is 24.1. The molecule has 0 heterocycles. The van der Waals surface area contributed by atoms with E-state index in [1.54, 1.807) is 48.5 Å². The zero-order chi connectivity index (χ0) is 32.4. The van der Waals surface area contributed by atoms with Gasteiger partial charge >= 0.3 is 29.6 Å². The minimum absolute atomic E-state index is 0. The van der Waals surface area contributed by atoms with Crippen molar-refractivity contribution in [3.05, 3.63) is 108 Å². The summed E-state index contributed by atoms with van der Waals surface area (Å²) in [6.07, 6.45) is 0. The first-order valence-electron chi connectivity index (χ1n) is 13.2. The van der Waals surface area contributed by atoms with Crippen LogP contribution < -0.4 is 49.4 Å². The molecule has 15 heteroatoms. The molecule has 0 unspecified atom stereocenters. The Hall–Kier alpha value is -4.31. The third-order valence-electron chi connectivity index (χ3n) is 6.71. The molecule has 0 aliphatic rings. The van der Waals surface area contributed by atoms with E-state index < -0.39 is 36.7 Å². The number of nitrogens with one attached hydrogen (secondary N) is 2. The van der Waals surface area contributed by atoms with Gasteiger partial charge in [0, 0.05) is 10.9 Å². The molecular weight excluding hydrogens is 643 g/mol. The van der Waals surface area contributed by atoms with Crippen molar-refractivity contribution in [2.24, 2.45) is 10.2 Å². The molecule has 0 bridgehead atoms. The average molecular weight is 669 g/mol. The van der Waals surface area contributed by atoms with Crippen molar-refractivity contribution >= 4 is 59.6 Å². The maximum atomic E-state index is 13.6. The van der Waals surface area contributed by atoms with Gasteiger partial charge in [0.1, 0.15) is 10.6 Å². The summed E-state index contributed by atoms with van der Waals surface area (Å²) in [6.45, 7) is 1.53. The van der Waals surface area contributed by atoms with Crippen LogP contribution in [0.25, 0.3) is 10.8 Å². The predicted octanol–water partition coefficient (Wildman–Crippen LogP) is 2.95. The zero-order valence-electron chi connectivity index (χ0n) is 24.8. The Morgan fingerprint density at radius 3 is 2.20 bits per heavy atom. The number of benzene rings is 5. The van der Waals surface area contributed by atoms with Crippen LogP contribution in [0.15, 0.2) is 117 Å². The fraction of sp³-hybridized carbons (Fsp3) is 0.0645. The van der Waals surface area contributed by atoms with Gasteiger partial charge in [0.25, 0.3) is 26.0 Å². The molecule has 0 saturated carbocycles. The largest absolute Gasteiger partial charge is 1.00 e. The number of ether oxygens (including phenoxy) is 1. The maximum Gasteiger partial charge on any atom is 1.00 e. The molecule has 5 aromatic rings. The number of fused-ring (bicyclic) bond motifs is 1. The summed E-state index contributed by atoms with van der Waals surface area (Å²) in [4.78, 5) is 12.4. The molecule has 3 N–H and O–H groups in total. The van der Waals surface area contributed by atoms with Crippen molar-refractivity contribution in [2.45, 2.75) is 16.7 Å². The topological polar surface area (TPSA) is 187 Å². The smallest absolute Gasteiger partial charge is 0.870 e. The second kappa shape index (κ2) is 14.0. The molecule has 5 rings (SSSR count). The van der Waals surface area contributed by atoms with E-state index in [4.69, 9.17) is 4.74 Å². The third kappa shape index (κ3) is 7.39. The van der Waals surface area contributed by atoms with E-state index in [1.165, 1.54) is 56.5 Å². The summed E-state index contributed by atoms with van der Waals surface area (Å²) in [5, 5.41) is 25.5. The van der Waals surface area contributed by atoms with E-state index >= 15 is 0 Å². The number of carbonyl (C=O) groups excluding carboxylic acids is 1. The van der Waals surface area contributed by atoms with E-state index in [1.807, 2.05) is 0 Å². The van der Waals surface area contributed by atoms with Crippen molar-refractivity contribution in [3.8, 4) is 11.5 Å². The maximum absolute atomic E-state index is 13.6. The number of nitrogens with zero attached hydrogens (tertiary/aromatic N) is 2. The van der Waals surface area contributed by atoms with Gasteiger partial charge in [-0.2, -0.15) is 18.6 Å². The molecule has 5 aromatic carbocycles. The van der Waals surface area contributed by atoms with Crippen molar-refractivity contribution in [3.63, 3.8) is 0 Å². The van der Waals surface area contributed by atoms with Crippen LogP contribution in [0.5, 0.6) is 11.5 Å². The van der Waals surface area contributed by atoms with Crippen molar-refractivity contribution < 1.29 is 65.6 Å². The van der Waals surface area contributed by atoms with E-state index in [9.17, 15) is 31.3 Å². The second-order valence-electron chi connectivity index (χ2n) is 9.70. The standard InChI is InChI=1S/C31H26N4O8S2.Na/c1-19-15-16-21(18-28(19)44(38,39)35-25-12-6-8-14-27(25)45(40,41)42)33-34-29-22-10-4-3-9-20(22)17-23(30(29)36)31(37)32-24-11-5-7-13-26(24)43-2;/h3-18,35-36H,1-2H3,(H,32,37)(H,40,41,42);/q;+1/p-1. The molecule has 46 heavy (non-hydrogen) atoms. The van der Waals surface area contributed by atoms with Gasteiger partial charge in [-0.3, -0.25) is 14.1 Å². The molecule has 0 radical (unpaired) electrons. The van der Waals surface area contributed by atoms with Crippen LogP contribution in [-0.4, -0.2) is 34.4 Å². The Balaban J connectivity index is 0.00000480. The van der Waals surface area contributed by atoms with E-state index in [0.717, 1.165) is 6.07 Å². The fourth-order valence-electron chi connectivity index (χ4n) is 4.54. The molecule has 0 spiro atoms. The molecule has 0 saturated heterocycles. The molecule has 0 atom stereocenters. The first-order chi connectivity index (χ1) is 21.4. The van der Waals surface area contributed by atoms with Gasteiger partial charge in [-0.15, -0.1) is 0 Å². The Kier molecular flexibility index (Phi) is 10.5. The molecule has 0 aliphatic heterocycles. The molecule has 230 valence electrons. The van der Waals surface area contributed by atoms with Crippen LogP contribution in [0.1, 0.15) is 15.9 Å². The summed E-state index contributed by atoms with van der Waals surface area (Å²) in [7, 11) is -7.65. The molecule has 12 nitrogen and oxygen atoms in total. The van der Waals surface area contributed by atoms with E-state index in [2.05, 4.69) is 20.3 Å². The Labute approximate surface area is 287 Å². The fourth-order valence-corrected chi connectivity index (χ4v) is 6.60.